The van der Waals surface area contributed by atoms with E-state index in [9.17, 15) is 9.90 Å². The van der Waals surface area contributed by atoms with Gasteiger partial charge in [0.15, 0.2) is 0 Å². The highest BCUT2D eigenvalue weighted by atomic mass is 16.5. The molecular formula is C17H19NO3. The smallest absolute Gasteiger partial charge is 0.230 e. The Labute approximate surface area is 124 Å². The van der Waals surface area contributed by atoms with Crippen LogP contribution in [0.5, 0.6) is 5.75 Å². The number of hydrogen-bond acceptors (Lipinski definition) is 3. The Morgan fingerprint density at radius 2 is 1.71 bits per heavy atom. The summed E-state index contributed by atoms with van der Waals surface area (Å²) in [7, 11) is 1.59. The maximum absolute atomic E-state index is 12.2. The van der Waals surface area contributed by atoms with Crippen LogP contribution in [0.1, 0.15) is 18.6 Å². The molecule has 0 heterocycles. The van der Waals surface area contributed by atoms with Crippen molar-refractivity contribution in [3.05, 3.63) is 60.2 Å². The number of rotatable bonds is 5. The summed E-state index contributed by atoms with van der Waals surface area (Å²) in [6, 6.07) is 16.2. The summed E-state index contributed by atoms with van der Waals surface area (Å²) in [5.74, 6) is -0.0450. The normalized spacial score (nSPS) is 13.3. The highest BCUT2D eigenvalue weighted by molar-refractivity contribution is 5.92. The second-order valence-corrected chi connectivity index (χ2v) is 4.86. The lowest BCUT2D eigenvalue weighted by Crippen LogP contribution is -2.25. The van der Waals surface area contributed by atoms with E-state index in [4.69, 9.17) is 4.74 Å². The van der Waals surface area contributed by atoms with Crippen LogP contribution in [0.15, 0.2) is 54.6 Å². The average molecular weight is 285 g/mol. The molecule has 1 amide bonds. The predicted octanol–water partition coefficient (Wildman–Crippen LogP) is 3.00. The molecular weight excluding hydrogens is 266 g/mol. The van der Waals surface area contributed by atoms with Gasteiger partial charge in [-0.05, 0) is 29.8 Å². The summed E-state index contributed by atoms with van der Waals surface area (Å²) in [6.07, 6.45) is -0.829. The Balaban J connectivity index is 2.01. The van der Waals surface area contributed by atoms with Crippen LogP contribution in [-0.2, 0) is 4.79 Å². The Kier molecular flexibility index (Phi) is 4.95. The van der Waals surface area contributed by atoms with E-state index < -0.39 is 12.0 Å². The van der Waals surface area contributed by atoms with Gasteiger partial charge in [0.1, 0.15) is 5.75 Å². The molecule has 0 spiro atoms. The monoisotopic (exact) mass is 285 g/mol. The van der Waals surface area contributed by atoms with Crippen molar-refractivity contribution >= 4 is 11.6 Å². The molecule has 2 N–H and O–H groups in total. The second kappa shape index (κ2) is 6.90. The minimum atomic E-state index is -0.829. The lowest BCUT2D eigenvalue weighted by Gasteiger charge is -2.19. The molecule has 0 aliphatic rings. The fraction of sp³-hybridized carbons (Fsp3) is 0.235. The van der Waals surface area contributed by atoms with Gasteiger partial charge in [-0.2, -0.15) is 0 Å². The molecule has 21 heavy (non-hydrogen) atoms. The molecule has 0 radical (unpaired) electrons. The van der Waals surface area contributed by atoms with E-state index in [0.29, 0.717) is 5.69 Å². The first-order valence-corrected chi connectivity index (χ1v) is 6.79. The van der Waals surface area contributed by atoms with Crippen molar-refractivity contribution in [3.63, 3.8) is 0 Å². The summed E-state index contributed by atoms with van der Waals surface area (Å²) in [4.78, 5) is 12.2. The van der Waals surface area contributed by atoms with Crippen LogP contribution in [0, 0.1) is 5.92 Å². The number of amides is 1. The van der Waals surface area contributed by atoms with Crippen molar-refractivity contribution in [2.24, 2.45) is 5.92 Å². The molecule has 0 fully saturated rings. The fourth-order valence-corrected chi connectivity index (χ4v) is 2.01. The van der Waals surface area contributed by atoms with Crippen molar-refractivity contribution in [1.29, 1.82) is 0 Å². The number of carbonyl (C=O) groups excluding carboxylic acids is 1. The van der Waals surface area contributed by atoms with Gasteiger partial charge in [0.25, 0.3) is 0 Å². The molecule has 0 aliphatic heterocycles. The van der Waals surface area contributed by atoms with Crippen LogP contribution in [0.3, 0.4) is 0 Å². The zero-order valence-electron chi connectivity index (χ0n) is 12.1. The highest BCUT2D eigenvalue weighted by Crippen LogP contribution is 2.23. The third-order valence-corrected chi connectivity index (χ3v) is 3.39. The number of carbonyl (C=O) groups is 1. The maximum atomic E-state index is 12.2. The van der Waals surface area contributed by atoms with Crippen LogP contribution >= 0.6 is 0 Å². The predicted molar refractivity (Wildman–Crippen MR) is 82.2 cm³/mol. The van der Waals surface area contributed by atoms with E-state index in [1.165, 1.54) is 0 Å². The van der Waals surface area contributed by atoms with Gasteiger partial charge in [-0.15, -0.1) is 0 Å². The quantitative estimate of drug-likeness (QED) is 0.888. The number of anilines is 1. The fourth-order valence-electron chi connectivity index (χ4n) is 2.01. The molecule has 0 saturated heterocycles. The number of hydrogen-bond donors (Lipinski definition) is 2. The van der Waals surface area contributed by atoms with Crippen LogP contribution in [-0.4, -0.2) is 18.1 Å². The summed E-state index contributed by atoms with van der Waals surface area (Å²) in [5, 5.41) is 13.0. The van der Waals surface area contributed by atoms with Crippen molar-refractivity contribution in [2.45, 2.75) is 13.0 Å². The van der Waals surface area contributed by atoms with E-state index in [1.807, 2.05) is 30.3 Å². The van der Waals surface area contributed by atoms with Gasteiger partial charge in [0.2, 0.25) is 5.91 Å². The molecule has 110 valence electrons. The Bertz CT molecular complexity index is 581. The molecule has 2 atom stereocenters. The molecule has 0 aromatic heterocycles. The topological polar surface area (TPSA) is 58.6 Å². The van der Waals surface area contributed by atoms with Crippen molar-refractivity contribution in [1.82, 2.24) is 0 Å². The first-order chi connectivity index (χ1) is 10.1. The summed E-state index contributed by atoms with van der Waals surface area (Å²) < 4.78 is 5.06. The van der Waals surface area contributed by atoms with Crippen LogP contribution < -0.4 is 10.1 Å². The number of nitrogens with one attached hydrogen (secondary N) is 1. The van der Waals surface area contributed by atoms with E-state index in [-0.39, 0.29) is 5.91 Å². The van der Waals surface area contributed by atoms with Gasteiger partial charge < -0.3 is 15.2 Å². The summed E-state index contributed by atoms with van der Waals surface area (Å²) in [6.45, 7) is 1.70. The van der Waals surface area contributed by atoms with Crippen LogP contribution in [0.4, 0.5) is 5.69 Å². The molecule has 2 aromatic carbocycles. The Morgan fingerprint density at radius 3 is 2.29 bits per heavy atom. The van der Waals surface area contributed by atoms with Gasteiger partial charge in [0, 0.05) is 5.69 Å². The number of aliphatic hydroxyl groups excluding tert-OH is 1. The minimum absolute atomic E-state index is 0.225. The third kappa shape index (κ3) is 3.83. The zero-order chi connectivity index (χ0) is 15.2. The van der Waals surface area contributed by atoms with Gasteiger partial charge in [-0.3, -0.25) is 4.79 Å². The maximum Gasteiger partial charge on any atom is 0.230 e. The first kappa shape index (κ1) is 15.1. The van der Waals surface area contributed by atoms with Gasteiger partial charge >= 0.3 is 0 Å². The molecule has 0 unspecified atom stereocenters. The molecule has 2 aromatic rings. The van der Waals surface area contributed by atoms with Crippen molar-refractivity contribution in [2.75, 3.05) is 12.4 Å². The first-order valence-electron chi connectivity index (χ1n) is 6.79. The van der Waals surface area contributed by atoms with Gasteiger partial charge in [0.05, 0.1) is 19.1 Å². The molecule has 4 heteroatoms. The lowest BCUT2D eigenvalue weighted by molar-refractivity contribution is -0.122. The number of aliphatic hydroxyl groups is 1. The van der Waals surface area contributed by atoms with Crippen LogP contribution in [0.2, 0.25) is 0 Å². The Morgan fingerprint density at radius 1 is 1.10 bits per heavy atom. The van der Waals surface area contributed by atoms with E-state index in [0.717, 1.165) is 11.3 Å². The average Bonchev–Trinajstić information content (AvgIpc) is 2.55. The van der Waals surface area contributed by atoms with Crippen molar-refractivity contribution < 1.29 is 14.6 Å². The highest BCUT2D eigenvalue weighted by Gasteiger charge is 2.23. The van der Waals surface area contributed by atoms with Gasteiger partial charge in [-0.25, -0.2) is 0 Å². The molecule has 0 aliphatic carbocycles. The molecule has 0 bridgehead atoms. The van der Waals surface area contributed by atoms with E-state index >= 15 is 0 Å². The zero-order valence-corrected chi connectivity index (χ0v) is 12.1. The SMILES string of the molecule is COc1ccc(NC(=O)[C@@H](C)[C@H](O)c2ccccc2)cc1. The molecule has 0 saturated carbocycles. The number of ether oxygens (including phenoxy) is 1. The number of benzene rings is 2. The number of methoxy groups -OCH3 is 1. The molecule has 4 nitrogen and oxygen atoms in total. The van der Waals surface area contributed by atoms with E-state index in [2.05, 4.69) is 5.32 Å². The summed E-state index contributed by atoms with van der Waals surface area (Å²) in [5.41, 5.74) is 1.41. The van der Waals surface area contributed by atoms with Gasteiger partial charge in [-0.1, -0.05) is 37.3 Å². The largest absolute Gasteiger partial charge is 0.497 e. The second-order valence-electron chi connectivity index (χ2n) is 4.86. The minimum Gasteiger partial charge on any atom is -0.497 e. The Hall–Kier alpha value is -2.33. The standard InChI is InChI=1S/C17H19NO3/c1-12(16(19)13-6-4-3-5-7-13)17(20)18-14-8-10-15(21-2)11-9-14/h3-12,16,19H,1-2H3,(H,18,20)/t12-,16-/m0/s1. The lowest BCUT2D eigenvalue weighted by atomic mass is 9.96. The van der Waals surface area contributed by atoms with Crippen molar-refractivity contribution in [3.8, 4) is 5.75 Å². The van der Waals surface area contributed by atoms with E-state index in [1.54, 1.807) is 38.3 Å². The van der Waals surface area contributed by atoms with Crippen LogP contribution in [0.25, 0.3) is 0 Å². The summed E-state index contributed by atoms with van der Waals surface area (Å²) >= 11 is 0. The third-order valence-electron chi connectivity index (χ3n) is 3.39. The molecule has 2 rings (SSSR count).